The highest BCUT2D eigenvalue weighted by Crippen LogP contribution is 2.25. The van der Waals surface area contributed by atoms with Gasteiger partial charge in [0, 0.05) is 42.5 Å². The number of piperidine rings is 1. The van der Waals surface area contributed by atoms with Crippen LogP contribution >= 0.6 is 0 Å². The minimum Gasteiger partial charge on any atom is -0.371 e. The van der Waals surface area contributed by atoms with Crippen molar-refractivity contribution in [3.05, 3.63) is 106 Å². The molecule has 2 amide bonds. The average Bonchev–Trinajstić information content (AvgIpc) is 2.89. The number of non-ortho nitro benzene ring substituents is 1. The Morgan fingerprint density at radius 1 is 0.914 bits per heavy atom. The molecule has 8 nitrogen and oxygen atoms in total. The van der Waals surface area contributed by atoms with Crippen molar-refractivity contribution >= 4 is 23.2 Å². The smallest absolute Gasteiger partial charge is 0.269 e. The van der Waals surface area contributed by atoms with E-state index in [9.17, 15) is 19.7 Å². The summed E-state index contributed by atoms with van der Waals surface area (Å²) in [6, 6.07) is 22.9. The minimum atomic E-state index is -0.488. The van der Waals surface area contributed by atoms with E-state index in [1.807, 2.05) is 61.5 Å². The van der Waals surface area contributed by atoms with E-state index in [-0.39, 0.29) is 29.6 Å². The third-order valence-electron chi connectivity index (χ3n) is 6.31. The summed E-state index contributed by atoms with van der Waals surface area (Å²) in [7, 11) is 0. The zero-order valence-corrected chi connectivity index (χ0v) is 19.5. The number of nitrogens with one attached hydrogen (secondary N) is 2. The Labute approximate surface area is 204 Å². The molecule has 0 radical (unpaired) electrons. The first-order chi connectivity index (χ1) is 16.9. The molecule has 8 heteroatoms. The van der Waals surface area contributed by atoms with E-state index in [4.69, 9.17) is 0 Å². The van der Waals surface area contributed by atoms with Crippen LogP contribution in [0.5, 0.6) is 0 Å². The molecule has 2 N–H and O–H groups in total. The normalized spacial score (nSPS) is 14.7. The SMILES string of the molecule is CC(NC(=O)c1ccccc1N1CCC(NC(=O)c2ccc([N+](=O)[O-])cc2)CC1)c1ccccc1. The molecule has 180 valence electrons. The molecule has 0 spiro atoms. The summed E-state index contributed by atoms with van der Waals surface area (Å²) in [5.74, 6) is -0.362. The quantitative estimate of drug-likeness (QED) is 0.390. The van der Waals surface area contributed by atoms with Gasteiger partial charge in [-0.05, 0) is 49.6 Å². The molecule has 1 unspecified atom stereocenters. The first-order valence-electron chi connectivity index (χ1n) is 11.7. The number of anilines is 1. The molecule has 1 fully saturated rings. The number of rotatable bonds is 7. The lowest BCUT2D eigenvalue weighted by Gasteiger charge is -2.35. The van der Waals surface area contributed by atoms with Crippen LogP contribution in [0, 0.1) is 10.1 Å². The van der Waals surface area contributed by atoms with Crippen LogP contribution in [0.4, 0.5) is 11.4 Å². The van der Waals surface area contributed by atoms with Crippen LogP contribution in [0.15, 0.2) is 78.9 Å². The van der Waals surface area contributed by atoms with Crippen molar-refractivity contribution in [2.75, 3.05) is 18.0 Å². The summed E-state index contributed by atoms with van der Waals surface area (Å²) in [6.45, 7) is 3.36. The van der Waals surface area contributed by atoms with Crippen molar-refractivity contribution in [3.8, 4) is 0 Å². The van der Waals surface area contributed by atoms with Crippen molar-refractivity contribution in [2.45, 2.75) is 31.8 Å². The molecule has 3 aromatic carbocycles. The molecule has 1 aliphatic heterocycles. The van der Waals surface area contributed by atoms with E-state index in [0.717, 1.165) is 24.1 Å². The fourth-order valence-corrected chi connectivity index (χ4v) is 4.31. The van der Waals surface area contributed by atoms with Gasteiger partial charge in [-0.2, -0.15) is 0 Å². The third kappa shape index (κ3) is 5.84. The number of amides is 2. The topological polar surface area (TPSA) is 105 Å². The van der Waals surface area contributed by atoms with E-state index < -0.39 is 4.92 Å². The molecule has 3 aromatic rings. The number of nitrogens with zero attached hydrogens (tertiary/aromatic N) is 2. The first kappa shape index (κ1) is 23.9. The highest BCUT2D eigenvalue weighted by molar-refractivity contribution is 6.00. The van der Waals surface area contributed by atoms with E-state index >= 15 is 0 Å². The van der Waals surface area contributed by atoms with Gasteiger partial charge in [0.2, 0.25) is 0 Å². The van der Waals surface area contributed by atoms with Gasteiger partial charge in [0.05, 0.1) is 16.5 Å². The van der Waals surface area contributed by atoms with Crippen LogP contribution < -0.4 is 15.5 Å². The van der Waals surface area contributed by atoms with Crippen molar-refractivity contribution < 1.29 is 14.5 Å². The number of nitro groups is 1. The summed E-state index contributed by atoms with van der Waals surface area (Å²) < 4.78 is 0. The van der Waals surface area contributed by atoms with Gasteiger partial charge in [0.15, 0.2) is 0 Å². The van der Waals surface area contributed by atoms with Gasteiger partial charge >= 0.3 is 0 Å². The number of nitro benzene ring substituents is 1. The fraction of sp³-hybridized carbons (Fsp3) is 0.259. The zero-order valence-electron chi connectivity index (χ0n) is 19.5. The van der Waals surface area contributed by atoms with E-state index in [0.29, 0.717) is 24.2 Å². The summed E-state index contributed by atoms with van der Waals surface area (Å²) in [5.41, 5.74) is 2.90. The summed E-state index contributed by atoms with van der Waals surface area (Å²) in [6.07, 6.45) is 1.46. The molecule has 1 saturated heterocycles. The highest BCUT2D eigenvalue weighted by atomic mass is 16.6. The van der Waals surface area contributed by atoms with Crippen molar-refractivity contribution in [2.24, 2.45) is 0 Å². The number of carbonyl (C=O) groups excluding carboxylic acids is 2. The Morgan fingerprint density at radius 2 is 1.54 bits per heavy atom. The number of para-hydroxylation sites is 1. The Bertz CT molecular complexity index is 1190. The van der Waals surface area contributed by atoms with Gasteiger partial charge in [-0.15, -0.1) is 0 Å². The summed E-state index contributed by atoms with van der Waals surface area (Å²) >= 11 is 0. The van der Waals surface area contributed by atoms with Gasteiger partial charge in [-0.3, -0.25) is 19.7 Å². The predicted molar refractivity (Wildman–Crippen MR) is 135 cm³/mol. The van der Waals surface area contributed by atoms with Crippen molar-refractivity contribution in [3.63, 3.8) is 0 Å². The van der Waals surface area contributed by atoms with Crippen LogP contribution in [0.2, 0.25) is 0 Å². The second-order valence-corrected chi connectivity index (χ2v) is 8.66. The average molecular weight is 473 g/mol. The highest BCUT2D eigenvalue weighted by Gasteiger charge is 2.24. The van der Waals surface area contributed by atoms with Crippen LogP contribution in [0.25, 0.3) is 0 Å². The molecule has 1 heterocycles. The zero-order chi connectivity index (χ0) is 24.8. The molecule has 1 aliphatic rings. The van der Waals surface area contributed by atoms with Gasteiger partial charge in [-0.1, -0.05) is 42.5 Å². The summed E-state index contributed by atoms with van der Waals surface area (Å²) in [4.78, 5) is 38.1. The third-order valence-corrected chi connectivity index (χ3v) is 6.31. The largest absolute Gasteiger partial charge is 0.371 e. The Morgan fingerprint density at radius 3 is 2.20 bits per heavy atom. The molecule has 35 heavy (non-hydrogen) atoms. The summed E-state index contributed by atoms with van der Waals surface area (Å²) in [5, 5.41) is 16.9. The van der Waals surface area contributed by atoms with Gasteiger partial charge in [0.1, 0.15) is 0 Å². The van der Waals surface area contributed by atoms with Crippen LogP contribution in [0.3, 0.4) is 0 Å². The maximum Gasteiger partial charge on any atom is 0.269 e. The second-order valence-electron chi connectivity index (χ2n) is 8.66. The van der Waals surface area contributed by atoms with E-state index in [2.05, 4.69) is 15.5 Å². The molecule has 0 saturated carbocycles. The lowest BCUT2D eigenvalue weighted by molar-refractivity contribution is -0.384. The first-order valence-corrected chi connectivity index (χ1v) is 11.7. The van der Waals surface area contributed by atoms with E-state index in [1.54, 1.807) is 0 Å². The van der Waals surface area contributed by atoms with Crippen LogP contribution in [0.1, 0.15) is 52.1 Å². The van der Waals surface area contributed by atoms with E-state index in [1.165, 1.54) is 24.3 Å². The maximum absolute atomic E-state index is 13.1. The molecule has 0 aliphatic carbocycles. The van der Waals surface area contributed by atoms with Crippen molar-refractivity contribution in [1.82, 2.24) is 10.6 Å². The number of benzene rings is 3. The Hall–Kier alpha value is -4.20. The Kier molecular flexibility index (Phi) is 7.40. The van der Waals surface area contributed by atoms with Crippen LogP contribution in [-0.2, 0) is 0 Å². The maximum atomic E-state index is 13.1. The predicted octanol–water partition coefficient (Wildman–Crippen LogP) is 4.48. The van der Waals surface area contributed by atoms with Crippen LogP contribution in [-0.4, -0.2) is 35.9 Å². The lowest BCUT2D eigenvalue weighted by atomic mass is 10.0. The molecule has 0 bridgehead atoms. The monoisotopic (exact) mass is 472 g/mol. The van der Waals surface area contributed by atoms with Gasteiger partial charge in [0.25, 0.3) is 17.5 Å². The Balaban J connectivity index is 1.36. The second kappa shape index (κ2) is 10.8. The fourth-order valence-electron chi connectivity index (χ4n) is 4.31. The van der Waals surface area contributed by atoms with Gasteiger partial charge < -0.3 is 15.5 Å². The van der Waals surface area contributed by atoms with Crippen molar-refractivity contribution in [1.29, 1.82) is 0 Å². The molecular formula is C27H28N4O4. The number of hydrogen-bond donors (Lipinski definition) is 2. The molecule has 4 rings (SSSR count). The standard InChI is InChI=1S/C27H28N4O4/c1-19(20-7-3-2-4-8-20)28-27(33)24-9-5-6-10-25(24)30-17-15-22(16-18-30)29-26(32)21-11-13-23(14-12-21)31(34)35/h2-14,19,22H,15-18H2,1H3,(H,28,33)(H,29,32). The lowest BCUT2D eigenvalue weighted by Crippen LogP contribution is -2.45. The minimum absolute atomic E-state index is 0.00645. The number of hydrogen-bond acceptors (Lipinski definition) is 5. The molecule has 0 aromatic heterocycles. The number of carbonyl (C=O) groups is 2. The molecule has 1 atom stereocenters. The van der Waals surface area contributed by atoms with Gasteiger partial charge in [-0.25, -0.2) is 0 Å². The molecular weight excluding hydrogens is 444 g/mol.